The number of hydrogen-bond donors (Lipinski definition) is 4. The third-order valence-corrected chi connectivity index (χ3v) is 3.83. The van der Waals surface area contributed by atoms with Gasteiger partial charge in [0.15, 0.2) is 0 Å². The van der Waals surface area contributed by atoms with Gasteiger partial charge in [-0.3, -0.25) is 4.79 Å². The number of likely N-dealkylation sites (N-methyl/N-ethyl adjacent to an activating group) is 1. The predicted molar refractivity (Wildman–Crippen MR) is 90.5 cm³/mol. The molecule has 0 radical (unpaired) electrons. The number of nitrogens with one attached hydrogen (secondary N) is 1. The number of unbranched alkanes of at least 4 members (excludes halogenated alkanes) is 2. The summed E-state index contributed by atoms with van der Waals surface area (Å²) in [7, 11) is 1.77. The van der Waals surface area contributed by atoms with Crippen molar-refractivity contribution in [3.63, 3.8) is 0 Å². The SMILES string of the molecule is C[N+](C)(CCOCCNC(=O)CCCCCN)CCOP(O)O. The highest BCUT2D eigenvalue weighted by atomic mass is 31.2. The van der Waals surface area contributed by atoms with Crippen LogP contribution in [0.5, 0.6) is 0 Å². The maximum atomic E-state index is 11.5. The van der Waals surface area contributed by atoms with Gasteiger partial charge in [-0.2, -0.15) is 0 Å². The number of amides is 1. The van der Waals surface area contributed by atoms with E-state index in [9.17, 15) is 4.79 Å². The zero-order valence-corrected chi connectivity index (χ0v) is 15.3. The molecule has 9 heteroatoms. The number of ether oxygens (including phenoxy) is 1. The molecule has 0 saturated carbocycles. The number of nitrogens with zero attached hydrogens (tertiary/aromatic N) is 1. The molecule has 0 aromatic heterocycles. The van der Waals surface area contributed by atoms with Crippen molar-refractivity contribution in [2.45, 2.75) is 25.7 Å². The van der Waals surface area contributed by atoms with Crippen LogP contribution in [0.15, 0.2) is 0 Å². The molecule has 138 valence electrons. The second-order valence-electron chi connectivity index (χ2n) is 6.03. The Hall–Kier alpha value is -0.340. The fourth-order valence-corrected chi connectivity index (χ4v) is 2.10. The van der Waals surface area contributed by atoms with Crippen LogP contribution in [0.25, 0.3) is 0 Å². The minimum atomic E-state index is -2.28. The standard InChI is InChI=1S/C14H32N3O5P/c1-17(2,10-13-22-23(19)20)9-12-21-11-8-16-14(18)6-4-3-5-7-15/h19-20H,3-13,15H2,1-2H3/p+1. The van der Waals surface area contributed by atoms with Crippen molar-refractivity contribution in [1.82, 2.24) is 5.32 Å². The van der Waals surface area contributed by atoms with Gasteiger partial charge < -0.3 is 34.6 Å². The minimum absolute atomic E-state index is 0.0587. The number of hydrogen-bond acceptors (Lipinski definition) is 6. The van der Waals surface area contributed by atoms with Gasteiger partial charge in [0.05, 0.1) is 27.3 Å². The molecule has 0 aromatic rings. The lowest BCUT2D eigenvalue weighted by Crippen LogP contribution is -2.44. The van der Waals surface area contributed by atoms with Crippen molar-refractivity contribution in [3.05, 3.63) is 0 Å². The second kappa shape index (κ2) is 14.0. The molecule has 0 aliphatic carbocycles. The molecule has 23 heavy (non-hydrogen) atoms. The summed E-state index contributed by atoms with van der Waals surface area (Å²) in [6.45, 7) is 4.01. The summed E-state index contributed by atoms with van der Waals surface area (Å²) in [6, 6.07) is 0. The Balaban J connectivity index is 3.48. The van der Waals surface area contributed by atoms with Gasteiger partial charge in [0.25, 0.3) is 0 Å². The summed E-state index contributed by atoms with van der Waals surface area (Å²) >= 11 is 0. The Bertz CT molecular complexity index is 306. The van der Waals surface area contributed by atoms with Crippen molar-refractivity contribution in [3.8, 4) is 0 Å². The van der Waals surface area contributed by atoms with Crippen LogP contribution in [0.1, 0.15) is 25.7 Å². The summed E-state index contributed by atoms with van der Waals surface area (Å²) in [6.07, 6.45) is 3.38. The summed E-state index contributed by atoms with van der Waals surface area (Å²) < 4.78 is 10.9. The molecule has 0 saturated heterocycles. The van der Waals surface area contributed by atoms with E-state index in [0.717, 1.165) is 25.8 Å². The molecule has 0 heterocycles. The van der Waals surface area contributed by atoms with E-state index < -0.39 is 8.60 Å². The van der Waals surface area contributed by atoms with E-state index in [2.05, 4.69) is 5.32 Å². The van der Waals surface area contributed by atoms with Crippen LogP contribution in [0.3, 0.4) is 0 Å². The first kappa shape index (κ1) is 22.7. The van der Waals surface area contributed by atoms with E-state index in [4.69, 9.17) is 24.8 Å². The van der Waals surface area contributed by atoms with Crippen molar-refractivity contribution in [2.75, 3.05) is 60.1 Å². The van der Waals surface area contributed by atoms with E-state index in [1.54, 1.807) is 0 Å². The zero-order chi connectivity index (χ0) is 17.6. The van der Waals surface area contributed by atoms with E-state index in [0.29, 0.717) is 50.4 Å². The van der Waals surface area contributed by atoms with Crippen molar-refractivity contribution in [1.29, 1.82) is 0 Å². The average Bonchev–Trinajstić information content (AvgIpc) is 2.46. The molecule has 0 aromatic carbocycles. The van der Waals surface area contributed by atoms with Gasteiger partial charge in [-0.1, -0.05) is 6.42 Å². The first-order chi connectivity index (χ1) is 10.9. The highest BCUT2D eigenvalue weighted by Crippen LogP contribution is 2.23. The summed E-state index contributed by atoms with van der Waals surface area (Å²) in [5.41, 5.74) is 5.40. The smallest absolute Gasteiger partial charge is 0.327 e. The maximum Gasteiger partial charge on any atom is 0.327 e. The lowest BCUT2D eigenvalue weighted by molar-refractivity contribution is -0.890. The maximum absolute atomic E-state index is 11.5. The molecule has 0 unspecified atom stereocenters. The van der Waals surface area contributed by atoms with Crippen molar-refractivity contribution >= 4 is 14.5 Å². The first-order valence-corrected chi connectivity index (χ1v) is 9.21. The van der Waals surface area contributed by atoms with Gasteiger partial charge in [-0.05, 0) is 19.4 Å². The molecule has 0 bridgehead atoms. The van der Waals surface area contributed by atoms with Crippen LogP contribution in [0, 0.1) is 0 Å². The molecule has 8 nitrogen and oxygen atoms in total. The molecule has 0 rings (SSSR count). The Kier molecular flexibility index (Phi) is 13.8. The molecule has 0 aliphatic heterocycles. The molecule has 0 spiro atoms. The third kappa shape index (κ3) is 16.3. The highest BCUT2D eigenvalue weighted by molar-refractivity contribution is 7.39. The van der Waals surface area contributed by atoms with Gasteiger partial charge in [-0.15, -0.1) is 0 Å². The van der Waals surface area contributed by atoms with Gasteiger partial charge >= 0.3 is 8.60 Å². The number of carbonyl (C=O) groups excluding carboxylic acids is 1. The summed E-state index contributed by atoms with van der Waals surface area (Å²) in [5, 5.41) is 2.83. The number of rotatable bonds is 15. The van der Waals surface area contributed by atoms with Crippen LogP contribution >= 0.6 is 8.60 Å². The normalized spacial score (nSPS) is 11.9. The van der Waals surface area contributed by atoms with Crippen LogP contribution in [0.4, 0.5) is 0 Å². The topological polar surface area (TPSA) is 114 Å². The van der Waals surface area contributed by atoms with Crippen molar-refractivity contribution in [2.24, 2.45) is 5.73 Å². The molecule has 0 atom stereocenters. The van der Waals surface area contributed by atoms with Crippen LogP contribution in [-0.4, -0.2) is 80.3 Å². The van der Waals surface area contributed by atoms with Gasteiger partial charge in [0.1, 0.15) is 19.7 Å². The fraction of sp³-hybridized carbons (Fsp3) is 0.929. The fourth-order valence-electron chi connectivity index (χ4n) is 1.85. The Labute approximate surface area is 140 Å². The summed E-state index contributed by atoms with van der Waals surface area (Å²) in [4.78, 5) is 28.9. The summed E-state index contributed by atoms with van der Waals surface area (Å²) in [5.74, 6) is 0.0587. The highest BCUT2D eigenvalue weighted by Gasteiger charge is 2.15. The van der Waals surface area contributed by atoms with Crippen LogP contribution in [0.2, 0.25) is 0 Å². The van der Waals surface area contributed by atoms with E-state index in [-0.39, 0.29) is 5.91 Å². The van der Waals surface area contributed by atoms with Gasteiger partial charge in [0, 0.05) is 13.0 Å². The number of carbonyl (C=O) groups is 1. The zero-order valence-electron chi connectivity index (χ0n) is 14.4. The van der Waals surface area contributed by atoms with E-state index in [1.165, 1.54) is 0 Å². The van der Waals surface area contributed by atoms with E-state index >= 15 is 0 Å². The number of quaternary nitrogens is 1. The number of nitrogens with two attached hydrogens (primary N) is 1. The van der Waals surface area contributed by atoms with Crippen LogP contribution in [-0.2, 0) is 14.1 Å². The Morgan fingerprint density at radius 2 is 1.83 bits per heavy atom. The molecule has 0 aliphatic rings. The molecule has 5 N–H and O–H groups in total. The molecule has 1 amide bonds. The minimum Gasteiger partial charge on any atom is -0.374 e. The third-order valence-electron chi connectivity index (χ3n) is 3.42. The first-order valence-electron chi connectivity index (χ1n) is 8.04. The second-order valence-corrected chi connectivity index (χ2v) is 6.79. The largest absolute Gasteiger partial charge is 0.374 e. The average molecular weight is 354 g/mol. The monoisotopic (exact) mass is 354 g/mol. The molecular weight excluding hydrogens is 321 g/mol. The Morgan fingerprint density at radius 3 is 2.48 bits per heavy atom. The lowest BCUT2D eigenvalue weighted by atomic mass is 10.2. The molecule has 0 fully saturated rings. The van der Waals surface area contributed by atoms with Crippen LogP contribution < -0.4 is 11.1 Å². The lowest BCUT2D eigenvalue weighted by Gasteiger charge is -2.29. The van der Waals surface area contributed by atoms with Crippen molar-refractivity contribution < 1.29 is 28.3 Å². The van der Waals surface area contributed by atoms with Gasteiger partial charge in [-0.25, -0.2) is 0 Å². The van der Waals surface area contributed by atoms with Gasteiger partial charge in [0.2, 0.25) is 5.91 Å². The predicted octanol–water partition coefficient (Wildman–Crippen LogP) is -0.0572. The Morgan fingerprint density at radius 1 is 1.13 bits per heavy atom. The van der Waals surface area contributed by atoms with E-state index in [1.807, 2.05) is 14.1 Å². The quantitative estimate of drug-likeness (QED) is 0.186. The molecular formula is C14H33N3O5P+.